The first-order valence-corrected chi connectivity index (χ1v) is 49.8. The molecule has 0 bridgehead atoms. The molecule has 148 heavy (non-hydrogen) atoms. The second-order valence-corrected chi connectivity index (χ2v) is 38.8. The lowest BCUT2D eigenvalue weighted by molar-refractivity contribution is -0.173. The van der Waals surface area contributed by atoms with Crippen molar-refractivity contribution in [2.24, 2.45) is 29.2 Å². The molecule has 3 aliphatic rings. The number of esters is 1. The summed E-state index contributed by atoms with van der Waals surface area (Å²) >= 11 is 0.769. The second-order valence-electron chi connectivity index (χ2n) is 37.8. The van der Waals surface area contributed by atoms with Crippen LogP contribution in [0, 0.1) is 17.8 Å². The van der Waals surface area contributed by atoms with Gasteiger partial charge in [-0.2, -0.15) is 26.3 Å². The summed E-state index contributed by atoms with van der Waals surface area (Å²) in [7, 11) is 4.80. The normalized spacial score (nSPS) is 23.9. The number of fused-ring (bicyclic) bond motifs is 4. The van der Waals surface area contributed by atoms with E-state index in [2.05, 4.69) is 58.2 Å². The highest BCUT2D eigenvalue weighted by molar-refractivity contribution is 8.00. The lowest BCUT2D eigenvalue weighted by Crippen LogP contribution is -2.62. The van der Waals surface area contributed by atoms with Gasteiger partial charge in [0.1, 0.15) is 90.8 Å². The Bertz CT molecular complexity index is 5610. The Morgan fingerprint density at radius 2 is 1.10 bits per heavy atom. The maximum Gasteiger partial charge on any atom is 0.471 e. The maximum absolute atomic E-state index is 16.1. The van der Waals surface area contributed by atoms with E-state index in [0.29, 0.717) is 40.2 Å². The van der Waals surface area contributed by atoms with Gasteiger partial charge in [0.2, 0.25) is 100 Å². The van der Waals surface area contributed by atoms with E-state index in [1.54, 1.807) is 95.4 Å². The van der Waals surface area contributed by atoms with Crippen LogP contribution in [0.4, 0.5) is 26.3 Å². The average molecular weight is 2110 g/mol. The molecule has 3 aliphatic heterocycles. The number of ether oxygens (including phenoxy) is 1. The first-order valence-electron chi connectivity index (χ1n) is 48.6. The van der Waals surface area contributed by atoms with Crippen molar-refractivity contribution >= 4 is 152 Å². The van der Waals surface area contributed by atoms with Gasteiger partial charge in [0.05, 0.1) is 37.9 Å². The topological polar surface area (TPSA) is 624 Å². The molecule has 0 aliphatic carbocycles. The summed E-state index contributed by atoms with van der Waals surface area (Å²) in [6.07, 6.45) is -13.6. The van der Waals surface area contributed by atoms with E-state index in [1.165, 1.54) is 74.6 Å². The third kappa shape index (κ3) is 33.9. The van der Waals surface area contributed by atoms with E-state index in [0.717, 1.165) is 43.4 Å². The first kappa shape index (κ1) is 119. The number of hydrogen-bond acceptors (Lipinski definition) is 24. The number of para-hydroxylation sites is 2. The van der Waals surface area contributed by atoms with Crippen LogP contribution in [0.1, 0.15) is 149 Å². The van der Waals surface area contributed by atoms with Crippen LogP contribution in [0.5, 0.6) is 5.75 Å². The number of amides is 19. The fourth-order valence-electron chi connectivity index (χ4n) is 17.6. The zero-order valence-electron chi connectivity index (χ0n) is 84.1. The molecule has 44 nitrogen and oxygen atoms in total. The summed E-state index contributed by atoms with van der Waals surface area (Å²) < 4.78 is 91.1. The number of H-pyrrole nitrogens is 1. The molecule has 8 rings (SSSR count). The number of nitrogens with two attached hydrogens (primary N) is 2. The highest BCUT2D eigenvalue weighted by Gasteiger charge is 2.49. The van der Waals surface area contributed by atoms with Gasteiger partial charge in [-0.3, -0.25) is 95.9 Å². The summed E-state index contributed by atoms with van der Waals surface area (Å²) in [4.78, 5) is 298. The minimum absolute atomic E-state index is 0.0328. The molecule has 3 aromatic carbocycles. The number of aromatic nitrogens is 2. The standard InChI is InChI=1S/C97H133F6N21O23S/c1-12-14-24-72-86(137)112-64(35-51(3)4)83(134)118-70(81(132)109-45-77(105)128)49-148-50-78(129)108-43-56(37-54-28-30-58(125)31-29-54)89(140)119(8)53(7)80(131)114-68(41-76(104)127)91(142)123-34-20-27-73(123)87(138)117-69(44-110-95(146)97(101,102)103)85(136)115-66(36-52(5)6)92(143)124-47-59(126)40-75(124)88(139)113-65(38-55-42-107-62-23-18-16-21-60(55)62)84(135)111-63(32-33-106-94(145)96(98,99)100)82(133)116-67(90(141)121(10)74(25-15-13-2)93(144)120(72)9)39-57-46-122(48-79(130)147-11)71-26-19-17-22-61(57)71/h16-19,21-23,26,28-31,42,46,51-53,56,59,63-70,72-75,107,125-126H,12-15,20,24-25,27,32-41,43-45,47-50H2,1-11H3,(H2,104,127)(H2,105,128)(H,106,145)(H,108,129)(H,109,132)(H,110,146)(H,111,135)(H,112,137)(H,113,139)(H,114,131)(H,115,136)(H,116,133)(H,117,138)(H,118,134)/t53-,56+,59+,63-,64-,65-,66-,67-,68-,69-,70-,72-,73-,74-,75-/m0/s1. The highest BCUT2D eigenvalue weighted by atomic mass is 32.2. The fraction of sp³-hybridized carbons (Fsp3) is 0.567. The van der Waals surface area contributed by atoms with Crippen molar-refractivity contribution in [1.29, 1.82) is 0 Å². The van der Waals surface area contributed by atoms with Crippen LogP contribution < -0.4 is 75.3 Å². The van der Waals surface area contributed by atoms with Gasteiger partial charge in [-0.05, 0) is 111 Å². The predicted octanol–water partition coefficient (Wildman–Crippen LogP) is -0.463. The molecular formula is C97H133F6N21O23S. The number of methoxy groups -OCH3 is 1. The van der Waals surface area contributed by atoms with Gasteiger partial charge in [-0.25, -0.2) is 0 Å². The Kier molecular flexibility index (Phi) is 44.3. The van der Waals surface area contributed by atoms with Gasteiger partial charge in [-0.1, -0.05) is 116 Å². The van der Waals surface area contributed by atoms with Crippen molar-refractivity contribution in [3.63, 3.8) is 0 Å². The number of halogens is 6. The number of thioether (sulfide) groups is 1. The third-order valence-corrected chi connectivity index (χ3v) is 26.6. The Morgan fingerprint density at radius 3 is 1.74 bits per heavy atom. The molecule has 0 spiro atoms. The van der Waals surface area contributed by atoms with Gasteiger partial charge in [0.15, 0.2) is 0 Å². The molecule has 5 heterocycles. The number of unbranched alkanes of at least 4 members (excludes halogenated alkanes) is 2. The minimum Gasteiger partial charge on any atom is -0.508 e. The number of benzene rings is 3. The Morgan fingerprint density at radius 1 is 0.554 bits per heavy atom. The number of primary amides is 2. The summed E-state index contributed by atoms with van der Waals surface area (Å²) in [5, 5.41) is 50.7. The number of carbonyl (C=O) groups is 20. The van der Waals surface area contributed by atoms with Crippen molar-refractivity contribution in [2.45, 2.75) is 255 Å². The van der Waals surface area contributed by atoms with E-state index in [9.17, 15) is 98.9 Å². The molecule has 19 amide bonds. The number of aliphatic hydroxyl groups excluding tert-OH is 1. The zero-order chi connectivity index (χ0) is 110. The van der Waals surface area contributed by atoms with E-state index >= 15 is 33.6 Å². The van der Waals surface area contributed by atoms with Gasteiger partial charge in [0, 0.05) is 113 Å². The van der Waals surface area contributed by atoms with Gasteiger partial charge in [0.25, 0.3) is 0 Å². The van der Waals surface area contributed by atoms with Gasteiger partial charge >= 0.3 is 30.1 Å². The smallest absolute Gasteiger partial charge is 0.471 e. The number of aromatic amines is 1. The summed E-state index contributed by atoms with van der Waals surface area (Å²) in [5.74, 6) is -28.1. The van der Waals surface area contributed by atoms with Crippen molar-refractivity contribution < 1.29 is 137 Å². The van der Waals surface area contributed by atoms with Gasteiger partial charge in [-0.15, -0.1) is 11.8 Å². The number of aromatic hydroxyl groups is 1. The third-order valence-electron chi connectivity index (χ3n) is 25.6. The molecule has 2 aromatic heterocycles. The van der Waals surface area contributed by atoms with E-state index in [1.807, 2.05) is 0 Å². The Balaban J connectivity index is 1.26. The Labute approximate surface area is 853 Å². The average Bonchev–Trinajstić information content (AvgIpc) is 1.65. The molecule has 0 unspecified atom stereocenters. The van der Waals surface area contributed by atoms with Crippen LogP contribution in [0.25, 0.3) is 21.8 Å². The molecule has 0 saturated carbocycles. The molecule has 15 atom stereocenters. The number of alkyl halides is 6. The minimum atomic E-state index is -5.62. The van der Waals surface area contributed by atoms with Crippen molar-refractivity contribution in [2.75, 3.05) is 79.0 Å². The first-order chi connectivity index (χ1) is 69.7. The Hall–Kier alpha value is -14.2. The molecule has 51 heteroatoms. The molecule has 5 aromatic rings. The number of rotatable bonds is 28. The van der Waals surface area contributed by atoms with E-state index < -0.39 is 322 Å². The molecule has 3 saturated heterocycles. The summed E-state index contributed by atoms with van der Waals surface area (Å²) in [6.45, 7) is 6.11. The number of hydrogen-bond donors (Lipinski definition) is 17. The number of nitrogens with zero attached hydrogens (tertiary/aromatic N) is 6. The fourth-order valence-corrected chi connectivity index (χ4v) is 18.5. The monoisotopic (exact) mass is 2110 g/mol. The number of nitrogens with one attached hydrogen (secondary N) is 13. The van der Waals surface area contributed by atoms with Crippen LogP contribution in [-0.4, -0.2) is 338 Å². The second kappa shape index (κ2) is 55.0. The van der Waals surface area contributed by atoms with Crippen LogP contribution in [0.15, 0.2) is 85.2 Å². The van der Waals surface area contributed by atoms with Crippen LogP contribution in [-0.2, 0) is 126 Å². The molecule has 0 radical (unpaired) electrons. The largest absolute Gasteiger partial charge is 0.508 e. The van der Waals surface area contributed by atoms with E-state index in [4.69, 9.17) is 16.2 Å². The number of phenolic OH excluding ortho intramolecular Hbond substituents is 1. The molecule has 3 fully saturated rings. The number of phenols is 1. The lowest BCUT2D eigenvalue weighted by Gasteiger charge is -2.36. The van der Waals surface area contributed by atoms with Crippen molar-refractivity contribution in [1.82, 2.24) is 97.9 Å². The van der Waals surface area contributed by atoms with Crippen LogP contribution in [0.2, 0.25) is 0 Å². The SMILES string of the molecule is CCCC[C@H]1C(=O)N(C)[C@@H](CCCC)C(=O)N[C@@H](CC(C)C)C(=O)N[C@H](C(=O)NCC(N)=O)CSCC(=O)NC[C@@H](Cc2ccc(O)cc2)C(=O)N(C)[C@@H](C)C(=O)N[C@@H](CC(N)=O)C(=O)N2CCC[C@H]2C(=O)N[C@@H](CNC(=O)C(F)(F)F)C(=O)N[C@@H](CC(C)C)C(=O)N2C[C@H](O)C[C@H]2C(=O)N[C@@H](Cc2c[nH]c3ccccc23)C(=O)N[C@@H](CCNC(=O)C(F)(F)F)C(=O)N[C@@H](Cc2cn(CC(=O)OC)c3ccccc23)C(=O)N1C. The maximum atomic E-state index is 16.1. The van der Waals surface area contributed by atoms with Crippen LogP contribution >= 0.6 is 11.8 Å². The molecule has 812 valence electrons. The summed E-state index contributed by atoms with van der Waals surface area (Å²) in [5.41, 5.74) is 12.8. The lowest BCUT2D eigenvalue weighted by atomic mass is 9.97. The number of carbonyl (C=O) groups excluding carboxylic acids is 20. The number of aliphatic hydroxyl groups is 1. The quantitative estimate of drug-likeness (QED) is 0.0222. The van der Waals surface area contributed by atoms with E-state index in [-0.39, 0.29) is 74.8 Å². The summed E-state index contributed by atoms with van der Waals surface area (Å²) in [6, 6.07) is -4.97. The van der Waals surface area contributed by atoms with Crippen LogP contribution in [0.3, 0.4) is 0 Å². The molecule has 19 N–H and O–H groups in total. The predicted molar refractivity (Wildman–Crippen MR) is 524 cm³/mol. The number of likely N-dealkylation sites (N-methyl/N-ethyl adjacent to an activating group) is 3. The van der Waals surface area contributed by atoms with Crippen molar-refractivity contribution in [3.05, 3.63) is 102 Å². The zero-order valence-corrected chi connectivity index (χ0v) is 84.9. The van der Waals surface area contributed by atoms with Gasteiger partial charge < -0.3 is 124 Å². The highest BCUT2D eigenvalue weighted by Crippen LogP contribution is 2.30. The molecular weight excluding hydrogens is 1970 g/mol. The van der Waals surface area contributed by atoms with Crippen molar-refractivity contribution in [3.8, 4) is 5.75 Å².